The highest BCUT2D eigenvalue weighted by Crippen LogP contribution is 2.25. The average Bonchev–Trinajstić information content (AvgIpc) is 2.09. The Morgan fingerprint density at radius 3 is 2.92 bits per heavy atom. The van der Waals surface area contributed by atoms with Gasteiger partial charge in [-0.3, -0.25) is 0 Å². The van der Waals surface area contributed by atoms with Gasteiger partial charge >= 0.3 is 0 Å². The molecule has 12 heavy (non-hydrogen) atoms. The first-order valence-electron chi connectivity index (χ1n) is 4.36. The van der Waals surface area contributed by atoms with Crippen molar-refractivity contribution < 1.29 is 9.84 Å². The molecule has 0 aromatic heterocycles. The molecule has 0 aromatic rings. The standard InChI is InChI=1S/C10H16O2/c1-3-8-5-6-10(12-4-2)9(11)7-8/h3-4,9-11H,2,5-7H2,1H3. The highest BCUT2D eigenvalue weighted by Gasteiger charge is 2.25. The number of hydrogen-bond donors (Lipinski definition) is 1. The lowest BCUT2D eigenvalue weighted by atomic mass is 9.90. The van der Waals surface area contributed by atoms with Crippen LogP contribution < -0.4 is 0 Å². The molecule has 1 aliphatic rings. The Hall–Kier alpha value is -0.760. The molecule has 1 rings (SSSR count). The van der Waals surface area contributed by atoms with Crippen LogP contribution in [0.25, 0.3) is 0 Å². The molecule has 68 valence electrons. The smallest absolute Gasteiger partial charge is 0.124 e. The molecule has 1 N–H and O–H groups in total. The minimum Gasteiger partial charge on any atom is -0.496 e. The lowest BCUT2D eigenvalue weighted by Gasteiger charge is -2.28. The van der Waals surface area contributed by atoms with E-state index in [1.807, 2.05) is 6.92 Å². The molecular formula is C10H16O2. The van der Waals surface area contributed by atoms with Crippen molar-refractivity contribution in [1.29, 1.82) is 0 Å². The molecule has 2 unspecified atom stereocenters. The average molecular weight is 168 g/mol. The van der Waals surface area contributed by atoms with Crippen LogP contribution in [0.15, 0.2) is 24.5 Å². The maximum Gasteiger partial charge on any atom is 0.124 e. The van der Waals surface area contributed by atoms with Crippen molar-refractivity contribution in [2.75, 3.05) is 0 Å². The molecule has 1 saturated carbocycles. The molecule has 1 aliphatic carbocycles. The largest absolute Gasteiger partial charge is 0.496 e. The van der Waals surface area contributed by atoms with Gasteiger partial charge in [0, 0.05) is 0 Å². The van der Waals surface area contributed by atoms with E-state index in [0.29, 0.717) is 0 Å². The number of rotatable bonds is 2. The summed E-state index contributed by atoms with van der Waals surface area (Å²) in [4.78, 5) is 0. The Kier molecular flexibility index (Phi) is 3.35. The molecule has 2 heteroatoms. The first-order chi connectivity index (χ1) is 5.77. The van der Waals surface area contributed by atoms with E-state index in [1.54, 1.807) is 0 Å². The van der Waals surface area contributed by atoms with Crippen molar-refractivity contribution in [1.82, 2.24) is 0 Å². The van der Waals surface area contributed by atoms with Crippen LogP contribution >= 0.6 is 0 Å². The third-order valence-corrected chi connectivity index (χ3v) is 2.33. The summed E-state index contributed by atoms with van der Waals surface area (Å²) in [5.41, 5.74) is 1.33. The number of aliphatic hydroxyl groups excluding tert-OH is 1. The number of aliphatic hydroxyl groups is 1. The molecule has 0 amide bonds. The van der Waals surface area contributed by atoms with E-state index in [-0.39, 0.29) is 12.2 Å². The fourth-order valence-corrected chi connectivity index (χ4v) is 1.57. The van der Waals surface area contributed by atoms with Crippen molar-refractivity contribution in [3.63, 3.8) is 0 Å². The van der Waals surface area contributed by atoms with Gasteiger partial charge in [-0.1, -0.05) is 18.2 Å². The van der Waals surface area contributed by atoms with Gasteiger partial charge in [0.05, 0.1) is 12.4 Å². The van der Waals surface area contributed by atoms with Crippen LogP contribution in [-0.4, -0.2) is 17.3 Å². The Bertz CT molecular complexity index is 184. The Morgan fingerprint density at radius 2 is 2.42 bits per heavy atom. The lowest BCUT2D eigenvalue weighted by molar-refractivity contribution is -0.00547. The van der Waals surface area contributed by atoms with Crippen LogP contribution in [0.1, 0.15) is 26.2 Å². The second-order valence-corrected chi connectivity index (χ2v) is 3.10. The second kappa shape index (κ2) is 4.31. The summed E-state index contributed by atoms with van der Waals surface area (Å²) in [6.07, 6.45) is 5.75. The molecule has 0 heterocycles. The zero-order valence-corrected chi connectivity index (χ0v) is 7.49. The highest BCUT2D eigenvalue weighted by atomic mass is 16.5. The maximum atomic E-state index is 9.59. The fourth-order valence-electron chi connectivity index (χ4n) is 1.57. The summed E-state index contributed by atoms with van der Waals surface area (Å²) in [7, 11) is 0. The first-order valence-corrected chi connectivity index (χ1v) is 4.36. The van der Waals surface area contributed by atoms with Crippen molar-refractivity contribution >= 4 is 0 Å². The minimum absolute atomic E-state index is 0.0498. The fraction of sp³-hybridized carbons (Fsp3) is 0.600. The van der Waals surface area contributed by atoms with Gasteiger partial charge in [0.25, 0.3) is 0 Å². The van der Waals surface area contributed by atoms with Gasteiger partial charge in [-0.2, -0.15) is 0 Å². The van der Waals surface area contributed by atoms with Gasteiger partial charge in [-0.25, -0.2) is 0 Å². The number of allylic oxidation sites excluding steroid dienone is 1. The molecule has 2 nitrogen and oxygen atoms in total. The van der Waals surface area contributed by atoms with Gasteiger partial charge in [0.15, 0.2) is 0 Å². The van der Waals surface area contributed by atoms with E-state index < -0.39 is 0 Å². The predicted octanol–water partition coefficient (Wildman–Crippen LogP) is 2.01. The summed E-state index contributed by atoms with van der Waals surface area (Å²) in [6.45, 7) is 5.49. The number of ether oxygens (including phenoxy) is 1. The summed E-state index contributed by atoms with van der Waals surface area (Å²) >= 11 is 0. The van der Waals surface area contributed by atoms with E-state index in [1.165, 1.54) is 11.8 Å². The van der Waals surface area contributed by atoms with E-state index in [9.17, 15) is 5.11 Å². The molecule has 0 aliphatic heterocycles. The van der Waals surface area contributed by atoms with Crippen LogP contribution in [0.4, 0.5) is 0 Å². The summed E-state index contributed by atoms with van der Waals surface area (Å²) in [5, 5.41) is 9.59. The zero-order chi connectivity index (χ0) is 8.97. The van der Waals surface area contributed by atoms with E-state index in [2.05, 4.69) is 12.7 Å². The quantitative estimate of drug-likeness (QED) is 0.505. The Morgan fingerprint density at radius 1 is 1.67 bits per heavy atom. The maximum absolute atomic E-state index is 9.59. The van der Waals surface area contributed by atoms with Crippen molar-refractivity contribution in [3.05, 3.63) is 24.5 Å². The molecule has 0 aromatic carbocycles. The molecule has 0 saturated heterocycles. The lowest BCUT2D eigenvalue weighted by Crippen LogP contribution is -2.31. The van der Waals surface area contributed by atoms with Crippen LogP contribution in [0, 0.1) is 0 Å². The summed E-state index contributed by atoms with van der Waals surface area (Å²) in [5.74, 6) is 0. The van der Waals surface area contributed by atoms with Crippen LogP contribution in [-0.2, 0) is 4.74 Å². The monoisotopic (exact) mass is 168 g/mol. The summed E-state index contributed by atoms with van der Waals surface area (Å²) in [6, 6.07) is 0. The molecule has 0 spiro atoms. The molecule has 1 fully saturated rings. The van der Waals surface area contributed by atoms with E-state index in [4.69, 9.17) is 4.74 Å². The van der Waals surface area contributed by atoms with Gasteiger partial charge in [0.2, 0.25) is 0 Å². The van der Waals surface area contributed by atoms with Gasteiger partial charge in [0.1, 0.15) is 6.10 Å². The van der Waals surface area contributed by atoms with Crippen LogP contribution in [0.3, 0.4) is 0 Å². The molecule has 2 atom stereocenters. The zero-order valence-electron chi connectivity index (χ0n) is 7.49. The molecule has 0 bridgehead atoms. The highest BCUT2D eigenvalue weighted by molar-refractivity contribution is 5.07. The van der Waals surface area contributed by atoms with Crippen molar-refractivity contribution in [3.8, 4) is 0 Å². The topological polar surface area (TPSA) is 29.5 Å². The molecule has 0 radical (unpaired) electrons. The van der Waals surface area contributed by atoms with E-state index >= 15 is 0 Å². The normalized spacial score (nSPS) is 33.3. The first kappa shape index (κ1) is 9.33. The minimum atomic E-state index is -0.358. The SMILES string of the molecule is C=COC1CCC(=CC)CC1O. The third-order valence-electron chi connectivity index (χ3n) is 2.33. The summed E-state index contributed by atoms with van der Waals surface area (Å²) < 4.78 is 5.17. The van der Waals surface area contributed by atoms with Gasteiger partial charge < -0.3 is 9.84 Å². The van der Waals surface area contributed by atoms with Crippen LogP contribution in [0.2, 0.25) is 0 Å². The predicted molar refractivity (Wildman–Crippen MR) is 48.7 cm³/mol. The van der Waals surface area contributed by atoms with Crippen LogP contribution in [0.5, 0.6) is 0 Å². The number of hydrogen-bond acceptors (Lipinski definition) is 2. The third kappa shape index (κ3) is 2.11. The Balaban J connectivity index is 2.47. The Labute approximate surface area is 73.5 Å². The van der Waals surface area contributed by atoms with Gasteiger partial charge in [-0.15, -0.1) is 0 Å². The van der Waals surface area contributed by atoms with Crippen molar-refractivity contribution in [2.45, 2.75) is 38.4 Å². The molecular weight excluding hydrogens is 152 g/mol. The van der Waals surface area contributed by atoms with Gasteiger partial charge in [-0.05, 0) is 26.2 Å². The van der Waals surface area contributed by atoms with Crippen molar-refractivity contribution in [2.24, 2.45) is 0 Å². The second-order valence-electron chi connectivity index (χ2n) is 3.10. The van der Waals surface area contributed by atoms with E-state index in [0.717, 1.165) is 19.3 Å².